The van der Waals surface area contributed by atoms with E-state index < -0.39 is 11.4 Å². The summed E-state index contributed by atoms with van der Waals surface area (Å²) in [5.74, 6) is 1.06. The number of nitrogens with zero attached hydrogens (tertiary/aromatic N) is 2. The van der Waals surface area contributed by atoms with Crippen LogP contribution in [0.5, 0.6) is 0 Å². The summed E-state index contributed by atoms with van der Waals surface area (Å²) >= 11 is 8.78. The van der Waals surface area contributed by atoms with E-state index in [9.17, 15) is 9.59 Å². The molecule has 2 rings (SSSR count). The zero-order valence-corrected chi connectivity index (χ0v) is 10.9. The molecule has 1 fully saturated rings. The van der Waals surface area contributed by atoms with Crippen LogP contribution in [0.4, 0.5) is 9.59 Å². The lowest BCUT2D eigenvalue weighted by molar-refractivity contribution is -0.486. The Morgan fingerprint density at radius 1 is 1.75 bits per heavy atom. The van der Waals surface area contributed by atoms with Crippen molar-refractivity contribution < 1.29 is 14.3 Å². The first kappa shape index (κ1) is 12.1. The van der Waals surface area contributed by atoms with E-state index in [-0.39, 0.29) is 11.3 Å². The van der Waals surface area contributed by atoms with Crippen molar-refractivity contribution >= 4 is 52.7 Å². The molecule has 88 valence electrons. The zero-order valence-electron chi connectivity index (χ0n) is 8.55. The van der Waals surface area contributed by atoms with Gasteiger partial charge in [-0.2, -0.15) is 4.79 Å². The van der Waals surface area contributed by atoms with Crippen LogP contribution in [0, 0.1) is 0 Å². The predicted molar refractivity (Wildman–Crippen MR) is 66.1 cm³/mol. The third-order valence-corrected chi connectivity index (χ3v) is 5.42. The Kier molecular flexibility index (Phi) is 3.66. The fourth-order valence-electron chi connectivity index (χ4n) is 1.40. The number of amides is 3. The number of hydrogen-bond acceptors (Lipinski definition) is 5. The monoisotopic (exact) mass is 280 g/mol. The molecule has 0 radical (unpaired) electrons. The first-order valence-corrected chi connectivity index (χ1v) is 7.11. The number of thioether (sulfide) groups is 2. The second-order valence-electron chi connectivity index (χ2n) is 3.44. The summed E-state index contributed by atoms with van der Waals surface area (Å²) in [6.45, 7) is 2.37. The number of hydrazone groups is 1. The van der Waals surface area contributed by atoms with Gasteiger partial charge in [-0.1, -0.05) is 11.6 Å². The fraction of sp³-hybridized carbons (Fsp3) is 0.625. The molecule has 0 aliphatic carbocycles. The molecule has 2 aliphatic heterocycles. The summed E-state index contributed by atoms with van der Waals surface area (Å²) in [5, 5.41) is -0.170. The molecular weight excluding hydrogens is 270 g/mol. The van der Waals surface area contributed by atoms with E-state index in [1.807, 2.05) is 0 Å². The van der Waals surface area contributed by atoms with Crippen molar-refractivity contribution in [2.24, 2.45) is 0 Å². The van der Waals surface area contributed by atoms with Gasteiger partial charge in [0, 0.05) is 22.6 Å². The van der Waals surface area contributed by atoms with Gasteiger partial charge >= 0.3 is 11.4 Å². The van der Waals surface area contributed by atoms with E-state index in [4.69, 9.17) is 11.6 Å². The summed E-state index contributed by atoms with van der Waals surface area (Å²) in [7, 11) is 0. The molecule has 0 aromatic rings. The van der Waals surface area contributed by atoms with Crippen molar-refractivity contribution in [2.75, 3.05) is 12.3 Å². The molecule has 2 aliphatic rings. The van der Waals surface area contributed by atoms with Gasteiger partial charge in [0.15, 0.2) is 11.3 Å². The molecule has 0 spiro atoms. The first-order chi connectivity index (χ1) is 7.58. The SMILES string of the molecule is CC1CSC(N[N+]2=CCN(C(=O)Cl)C2=O)S1. The Morgan fingerprint density at radius 3 is 3.00 bits per heavy atom. The largest absolute Gasteiger partial charge is 0.525 e. The standard InChI is InChI=1S/C8H11ClN3O2S2/c1-5-4-15-7(16-5)10-12-3-2-11(6(9)13)8(12)14/h3,5,7,10H,2,4H2,1H3/q+1. The smallest absolute Gasteiger partial charge is 0.230 e. The van der Waals surface area contributed by atoms with Gasteiger partial charge in [0.2, 0.25) is 0 Å². The molecule has 0 bridgehead atoms. The molecule has 16 heavy (non-hydrogen) atoms. The van der Waals surface area contributed by atoms with Crippen LogP contribution < -0.4 is 5.43 Å². The number of nitrogens with one attached hydrogen (secondary N) is 1. The van der Waals surface area contributed by atoms with Crippen LogP contribution in [-0.4, -0.2) is 49.4 Å². The predicted octanol–water partition coefficient (Wildman–Crippen LogP) is 1.52. The van der Waals surface area contributed by atoms with Gasteiger partial charge in [0.05, 0.1) is 0 Å². The van der Waals surface area contributed by atoms with E-state index in [1.54, 1.807) is 29.7 Å². The Morgan fingerprint density at radius 2 is 2.50 bits per heavy atom. The van der Waals surface area contributed by atoms with E-state index in [1.165, 1.54) is 4.68 Å². The number of carbonyl (C=O) groups excluding carboxylic acids is 2. The van der Waals surface area contributed by atoms with E-state index in [0.29, 0.717) is 5.25 Å². The van der Waals surface area contributed by atoms with E-state index in [2.05, 4.69) is 12.3 Å². The highest BCUT2D eigenvalue weighted by molar-refractivity contribution is 8.20. The molecule has 0 saturated carbocycles. The summed E-state index contributed by atoms with van der Waals surface area (Å²) in [6.07, 6.45) is 1.62. The zero-order chi connectivity index (χ0) is 11.7. The molecule has 0 aromatic heterocycles. The highest BCUT2D eigenvalue weighted by atomic mass is 35.5. The Labute approximate surface area is 107 Å². The fourth-order valence-corrected chi connectivity index (χ4v) is 4.44. The number of hydrogen-bond donors (Lipinski definition) is 1. The molecule has 2 unspecified atom stereocenters. The molecule has 1 saturated heterocycles. The van der Waals surface area contributed by atoms with Crippen LogP contribution in [0.2, 0.25) is 0 Å². The van der Waals surface area contributed by atoms with Crippen LogP contribution in [0.3, 0.4) is 0 Å². The highest BCUT2D eigenvalue weighted by Gasteiger charge is 2.39. The molecule has 2 heterocycles. The molecule has 5 nitrogen and oxygen atoms in total. The molecule has 1 N–H and O–H groups in total. The summed E-state index contributed by atoms with van der Waals surface area (Å²) < 4.78 is 1.49. The quantitative estimate of drug-likeness (QED) is 0.472. The number of rotatable bonds is 2. The van der Waals surface area contributed by atoms with Crippen LogP contribution >= 0.6 is 35.1 Å². The maximum atomic E-state index is 11.7. The van der Waals surface area contributed by atoms with Crippen molar-refractivity contribution in [2.45, 2.75) is 16.9 Å². The second kappa shape index (κ2) is 4.85. The maximum absolute atomic E-state index is 11.7. The van der Waals surface area contributed by atoms with E-state index in [0.717, 1.165) is 10.7 Å². The van der Waals surface area contributed by atoms with Gasteiger partial charge in [-0.3, -0.25) is 0 Å². The van der Waals surface area contributed by atoms with Crippen molar-refractivity contribution in [1.29, 1.82) is 0 Å². The van der Waals surface area contributed by atoms with Crippen LogP contribution in [-0.2, 0) is 0 Å². The Balaban J connectivity index is 1.92. The number of hydrazine groups is 1. The van der Waals surface area contributed by atoms with Crippen molar-refractivity contribution in [3.05, 3.63) is 0 Å². The number of urea groups is 1. The number of carbonyl (C=O) groups is 2. The van der Waals surface area contributed by atoms with Gasteiger partial charge in [-0.05, 0) is 0 Å². The third kappa shape index (κ3) is 2.46. The minimum atomic E-state index is -0.745. The lowest BCUT2D eigenvalue weighted by atomic mass is 10.6. The Bertz CT molecular complexity index is 363. The van der Waals surface area contributed by atoms with Crippen molar-refractivity contribution in [3.63, 3.8) is 0 Å². The third-order valence-electron chi connectivity index (χ3n) is 2.18. The average molecular weight is 281 g/mol. The lowest BCUT2D eigenvalue weighted by Crippen LogP contribution is -2.40. The van der Waals surface area contributed by atoms with E-state index >= 15 is 0 Å². The average Bonchev–Trinajstić information content (AvgIpc) is 2.76. The van der Waals surface area contributed by atoms with Crippen LogP contribution in [0.15, 0.2) is 0 Å². The van der Waals surface area contributed by atoms with Gasteiger partial charge in [0.25, 0.3) is 0 Å². The summed E-state index contributed by atoms with van der Waals surface area (Å²) in [5.41, 5.74) is 3.04. The molecular formula is C8H11ClN3O2S2+. The van der Waals surface area contributed by atoms with Gasteiger partial charge in [-0.15, -0.1) is 28.4 Å². The minimum absolute atomic E-state index is 0.153. The number of imide groups is 1. The topological polar surface area (TPSA) is 52.4 Å². The highest BCUT2D eigenvalue weighted by Crippen LogP contribution is 2.35. The second-order valence-corrected chi connectivity index (χ2v) is 6.75. The molecule has 0 aromatic carbocycles. The minimum Gasteiger partial charge on any atom is -0.230 e. The van der Waals surface area contributed by atoms with Gasteiger partial charge < -0.3 is 0 Å². The molecule has 2 atom stereocenters. The van der Waals surface area contributed by atoms with Crippen molar-refractivity contribution in [1.82, 2.24) is 10.3 Å². The summed E-state index contributed by atoms with van der Waals surface area (Å²) in [6, 6.07) is -0.416. The van der Waals surface area contributed by atoms with Crippen LogP contribution in [0.25, 0.3) is 0 Å². The normalized spacial score (nSPS) is 29.5. The lowest BCUT2D eigenvalue weighted by Gasteiger charge is -2.10. The number of halogens is 1. The summed E-state index contributed by atoms with van der Waals surface area (Å²) in [4.78, 5) is 23.5. The van der Waals surface area contributed by atoms with Crippen molar-refractivity contribution in [3.8, 4) is 0 Å². The first-order valence-electron chi connectivity index (χ1n) is 4.74. The maximum Gasteiger partial charge on any atom is 0.525 e. The van der Waals surface area contributed by atoms with Gasteiger partial charge in [0.1, 0.15) is 6.21 Å². The molecule has 8 heteroatoms. The van der Waals surface area contributed by atoms with Gasteiger partial charge in [-0.25, -0.2) is 10.2 Å². The van der Waals surface area contributed by atoms with Crippen LogP contribution in [0.1, 0.15) is 6.92 Å². The molecule has 3 amide bonds. The Hall–Kier alpha value is -0.400.